The van der Waals surface area contributed by atoms with Gasteiger partial charge in [-0.2, -0.15) is 0 Å². The van der Waals surface area contributed by atoms with Crippen molar-refractivity contribution in [3.63, 3.8) is 0 Å². The van der Waals surface area contributed by atoms with Crippen LogP contribution in [0.2, 0.25) is 0 Å². The van der Waals surface area contributed by atoms with E-state index < -0.39 is 0 Å². The number of hydrogen-bond acceptors (Lipinski definition) is 4. The molecule has 0 unspecified atom stereocenters. The zero-order valence-electron chi connectivity index (χ0n) is 11.7. The standard InChI is InChI=1S/C16H17N3O2/c1-21-14-4-2-3-12(9-14)5-6-16(20)19-15-10-13(11-17)7-8-18-15/h2-10H,11,17H2,1H3,(H,18,19,20)/b6-5+. The lowest BCUT2D eigenvalue weighted by molar-refractivity contribution is -0.111. The van der Waals surface area contributed by atoms with Crippen molar-refractivity contribution in [2.45, 2.75) is 6.54 Å². The van der Waals surface area contributed by atoms with E-state index in [2.05, 4.69) is 10.3 Å². The highest BCUT2D eigenvalue weighted by atomic mass is 16.5. The Morgan fingerprint density at radius 2 is 2.24 bits per heavy atom. The fourth-order valence-corrected chi connectivity index (χ4v) is 1.75. The first-order valence-electron chi connectivity index (χ1n) is 6.49. The number of carbonyl (C=O) groups is 1. The SMILES string of the molecule is COc1cccc(/C=C/C(=O)Nc2cc(CN)ccn2)c1. The minimum Gasteiger partial charge on any atom is -0.497 e. The number of ether oxygens (including phenoxy) is 1. The van der Waals surface area contributed by atoms with Crippen LogP contribution in [0.5, 0.6) is 5.75 Å². The van der Waals surface area contributed by atoms with Gasteiger partial charge in [-0.05, 0) is 41.5 Å². The van der Waals surface area contributed by atoms with Crippen LogP contribution in [0.3, 0.4) is 0 Å². The van der Waals surface area contributed by atoms with Crippen molar-refractivity contribution >= 4 is 17.8 Å². The molecule has 1 aromatic heterocycles. The average Bonchev–Trinajstić information content (AvgIpc) is 2.53. The third kappa shape index (κ3) is 4.43. The topological polar surface area (TPSA) is 77.2 Å². The van der Waals surface area contributed by atoms with E-state index in [0.29, 0.717) is 12.4 Å². The van der Waals surface area contributed by atoms with Crippen molar-refractivity contribution < 1.29 is 9.53 Å². The molecule has 0 atom stereocenters. The first kappa shape index (κ1) is 14.7. The van der Waals surface area contributed by atoms with Gasteiger partial charge in [-0.15, -0.1) is 0 Å². The van der Waals surface area contributed by atoms with Gasteiger partial charge in [-0.25, -0.2) is 4.98 Å². The van der Waals surface area contributed by atoms with Crippen LogP contribution in [0.4, 0.5) is 5.82 Å². The molecular formula is C16H17N3O2. The second-order valence-electron chi connectivity index (χ2n) is 4.35. The van der Waals surface area contributed by atoms with Gasteiger partial charge >= 0.3 is 0 Å². The maximum Gasteiger partial charge on any atom is 0.249 e. The van der Waals surface area contributed by atoms with Crippen LogP contribution >= 0.6 is 0 Å². The second-order valence-corrected chi connectivity index (χ2v) is 4.35. The zero-order chi connectivity index (χ0) is 15.1. The molecule has 5 nitrogen and oxygen atoms in total. The summed E-state index contributed by atoms with van der Waals surface area (Å²) in [6.07, 6.45) is 4.78. The minimum atomic E-state index is -0.250. The van der Waals surface area contributed by atoms with Gasteiger partial charge in [0.25, 0.3) is 0 Å². The van der Waals surface area contributed by atoms with Gasteiger partial charge in [0, 0.05) is 18.8 Å². The van der Waals surface area contributed by atoms with Gasteiger partial charge in [0.1, 0.15) is 11.6 Å². The molecule has 0 aliphatic heterocycles. The van der Waals surface area contributed by atoms with Crippen molar-refractivity contribution in [3.05, 3.63) is 59.8 Å². The van der Waals surface area contributed by atoms with E-state index in [1.165, 1.54) is 6.08 Å². The van der Waals surface area contributed by atoms with Crippen molar-refractivity contribution in [1.29, 1.82) is 0 Å². The van der Waals surface area contributed by atoms with Crippen LogP contribution in [0.1, 0.15) is 11.1 Å². The monoisotopic (exact) mass is 283 g/mol. The van der Waals surface area contributed by atoms with E-state index in [1.54, 1.807) is 25.4 Å². The molecule has 108 valence electrons. The van der Waals surface area contributed by atoms with E-state index >= 15 is 0 Å². The molecule has 2 aromatic rings. The molecule has 0 saturated carbocycles. The minimum absolute atomic E-state index is 0.250. The first-order chi connectivity index (χ1) is 10.2. The largest absolute Gasteiger partial charge is 0.497 e. The van der Waals surface area contributed by atoms with Gasteiger partial charge in [0.2, 0.25) is 5.91 Å². The highest BCUT2D eigenvalue weighted by Crippen LogP contribution is 2.13. The summed E-state index contributed by atoms with van der Waals surface area (Å²) >= 11 is 0. The van der Waals surface area contributed by atoms with E-state index in [0.717, 1.165) is 16.9 Å². The Balaban J connectivity index is 2.01. The number of rotatable bonds is 5. The number of nitrogens with zero attached hydrogens (tertiary/aromatic N) is 1. The molecule has 21 heavy (non-hydrogen) atoms. The van der Waals surface area contributed by atoms with Gasteiger partial charge in [-0.1, -0.05) is 12.1 Å². The average molecular weight is 283 g/mol. The summed E-state index contributed by atoms with van der Waals surface area (Å²) in [6.45, 7) is 0.408. The van der Waals surface area contributed by atoms with E-state index in [-0.39, 0.29) is 5.91 Å². The highest BCUT2D eigenvalue weighted by molar-refractivity contribution is 6.01. The van der Waals surface area contributed by atoms with Crippen molar-refractivity contribution in [1.82, 2.24) is 4.98 Å². The number of amides is 1. The smallest absolute Gasteiger partial charge is 0.249 e. The van der Waals surface area contributed by atoms with E-state index in [9.17, 15) is 4.79 Å². The molecule has 0 radical (unpaired) electrons. The molecule has 0 aliphatic carbocycles. The third-order valence-corrected chi connectivity index (χ3v) is 2.83. The lowest BCUT2D eigenvalue weighted by Crippen LogP contribution is -2.10. The Kier molecular flexibility index (Phi) is 5.06. The fourth-order valence-electron chi connectivity index (χ4n) is 1.75. The lowest BCUT2D eigenvalue weighted by Gasteiger charge is -2.03. The van der Waals surface area contributed by atoms with E-state index in [1.807, 2.05) is 30.3 Å². The van der Waals surface area contributed by atoms with Gasteiger partial charge in [-0.3, -0.25) is 4.79 Å². The Morgan fingerprint density at radius 1 is 1.38 bits per heavy atom. The van der Waals surface area contributed by atoms with Crippen LogP contribution in [0, 0.1) is 0 Å². The molecule has 3 N–H and O–H groups in total. The number of nitrogens with one attached hydrogen (secondary N) is 1. The summed E-state index contributed by atoms with van der Waals surface area (Å²) in [5.41, 5.74) is 7.34. The molecule has 5 heteroatoms. The number of pyridine rings is 1. The Morgan fingerprint density at radius 3 is 3.00 bits per heavy atom. The number of benzene rings is 1. The fraction of sp³-hybridized carbons (Fsp3) is 0.125. The Bertz CT molecular complexity index is 653. The maximum atomic E-state index is 11.8. The third-order valence-electron chi connectivity index (χ3n) is 2.83. The number of methoxy groups -OCH3 is 1. The van der Waals surface area contributed by atoms with Gasteiger partial charge in [0.15, 0.2) is 0 Å². The molecular weight excluding hydrogens is 266 g/mol. The van der Waals surface area contributed by atoms with Crippen LogP contribution < -0.4 is 15.8 Å². The summed E-state index contributed by atoms with van der Waals surface area (Å²) in [5, 5.41) is 2.69. The summed E-state index contributed by atoms with van der Waals surface area (Å²) in [5.74, 6) is 0.979. The highest BCUT2D eigenvalue weighted by Gasteiger charge is 2.00. The van der Waals surface area contributed by atoms with Gasteiger partial charge in [0.05, 0.1) is 7.11 Å². The Labute approximate surface area is 123 Å². The summed E-state index contributed by atoms with van der Waals surface area (Å²) in [6, 6.07) is 11.0. The molecule has 0 aliphatic rings. The van der Waals surface area contributed by atoms with Crippen LogP contribution in [0.25, 0.3) is 6.08 Å². The molecule has 0 saturated heterocycles. The summed E-state index contributed by atoms with van der Waals surface area (Å²) < 4.78 is 5.13. The summed E-state index contributed by atoms with van der Waals surface area (Å²) in [7, 11) is 1.60. The molecule has 1 amide bonds. The van der Waals surface area contributed by atoms with Gasteiger partial charge < -0.3 is 15.8 Å². The number of carbonyl (C=O) groups excluding carboxylic acids is 1. The molecule has 0 spiro atoms. The van der Waals surface area contributed by atoms with Crippen LogP contribution in [-0.2, 0) is 11.3 Å². The van der Waals surface area contributed by atoms with Crippen LogP contribution in [0.15, 0.2) is 48.7 Å². The quantitative estimate of drug-likeness (QED) is 0.825. The number of nitrogens with two attached hydrogens (primary N) is 1. The molecule has 0 bridgehead atoms. The van der Waals surface area contributed by atoms with Crippen molar-refractivity contribution in [3.8, 4) is 5.75 Å². The number of hydrogen-bond donors (Lipinski definition) is 2. The number of anilines is 1. The summed E-state index contributed by atoms with van der Waals surface area (Å²) in [4.78, 5) is 15.9. The van der Waals surface area contributed by atoms with E-state index in [4.69, 9.17) is 10.5 Å². The number of aromatic nitrogens is 1. The molecule has 1 aromatic carbocycles. The predicted molar refractivity (Wildman–Crippen MR) is 82.8 cm³/mol. The zero-order valence-corrected chi connectivity index (χ0v) is 11.7. The second kappa shape index (κ2) is 7.21. The first-order valence-corrected chi connectivity index (χ1v) is 6.49. The van der Waals surface area contributed by atoms with Crippen molar-refractivity contribution in [2.24, 2.45) is 5.73 Å². The molecule has 2 rings (SSSR count). The maximum absolute atomic E-state index is 11.8. The predicted octanol–water partition coefficient (Wildman–Crippen LogP) is 2.20. The Hall–Kier alpha value is -2.66. The normalized spacial score (nSPS) is 10.6. The molecule has 0 fully saturated rings. The van der Waals surface area contributed by atoms with Crippen molar-refractivity contribution in [2.75, 3.05) is 12.4 Å². The molecule has 1 heterocycles. The lowest BCUT2D eigenvalue weighted by atomic mass is 10.2. The van der Waals surface area contributed by atoms with Crippen LogP contribution in [-0.4, -0.2) is 18.0 Å².